The normalized spacial score (nSPS) is 10.9. The number of unbranched alkanes of at least 4 members (excludes halogenated alkanes) is 1. The Bertz CT molecular complexity index is 388. The van der Waals surface area contributed by atoms with Crippen LogP contribution in [0.25, 0.3) is 0 Å². The maximum absolute atomic E-state index is 13.6. The first-order valence-corrected chi connectivity index (χ1v) is 7.37. The maximum Gasteiger partial charge on any atom is 0.144 e. The molecule has 0 heterocycles. The van der Waals surface area contributed by atoms with E-state index in [2.05, 4.69) is 28.2 Å². The Morgan fingerprint density at radius 2 is 1.95 bits per heavy atom. The summed E-state index contributed by atoms with van der Waals surface area (Å²) in [4.78, 5) is 0. The van der Waals surface area contributed by atoms with Crippen molar-refractivity contribution in [2.24, 2.45) is 0 Å². The van der Waals surface area contributed by atoms with Gasteiger partial charge >= 0.3 is 0 Å². The summed E-state index contributed by atoms with van der Waals surface area (Å²) in [5.74, 6) is -1.06. The fourth-order valence-corrected chi connectivity index (χ4v) is 1.96. The SMILES string of the molecule is CCCCOCCCNCc1c(F)ccc(Br)c1F. The topological polar surface area (TPSA) is 21.3 Å². The molecule has 0 unspecified atom stereocenters. The van der Waals surface area contributed by atoms with Gasteiger partial charge in [0.15, 0.2) is 0 Å². The van der Waals surface area contributed by atoms with Crippen molar-refractivity contribution >= 4 is 15.9 Å². The van der Waals surface area contributed by atoms with Gasteiger partial charge in [-0.1, -0.05) is 13.3 Å². The van der Waals surface area contributed by atoms with Crippen LogP contribution in [0.15, 0.2) is 16.6 Å². The van der Waals surface area contributed by atoms with Crippen molar-refractivity contribution in [3.05, 3.63) is 33.8 Å². The van der Waals surface area contributed by atoms with E-state index >= 15 is 0 Å². The lowest BCUT2D eigenvalue weighted by molar-refractivity contribution is 0.128. The Kier molecular flexibility index (Phi) is 8.18. The largest absolute Gasteiger partial charge is 0.381 e. The molecule has 1 rings (SSSR count). The standard InChI is InChI=1S/C14H20BrF2NO/c1-2-3-8-19-9-4-7-18-10-11-13(16)6-5-12(15)14(11)17/h5-6,18H,2-4,7-10H2,1H3. The van der Waals surface area contributed by atoms with Crippen LogP contribution in [0.5, 0.6) is 0 Å². The van der Waals surface area contributed by atoms with E-state index in [4.69, 9.17) is 4.74 Å². The molecule has 0 aromatic heterocycles. The second-order valence-electron chi connectivity index (χ2n) is 4.32. The molecule has 1 N–H and O–H groups in total. The predicted octanol–water partition coefficient (Wildman–Crippen LogP) is 4.02. The highest BCUT2D eigenvalue weighted by atomic mass is 79.9. The number of rotatable bonds is 9. The van der Waals surface area contributed by atoms with Gasteiger partial charge in [-0.3, -0.25) is 0 Å². The first kappa shape index (κ1) is 16.5. The molecule has 0 fully saturated rings. The molecule has 0 saturated carbocycles. The zero-order valence-corrected chi connectivity index (χ0v) is 12.7. The Hall–Kier alpha value is -0.520. The smallest absolute Gasteiger partial charge is 0.144 e. The lowest BCUT2D eigenvalue weighted by Gasteiger charge is -2.08. The van der Waals surface area contributed by atoms with Gasteiger partial charge in [0.05, 0.1) is 4.47 Å². The van der Waals surface area contributed by atoms with Crippen LogP contribution in [-0.2, 0) is 11.3 Å². The van der Waals surface area contributed by atoms with Crippen molar-refractivity contribution in [3.63, 3.8) is 0 Å². The van der Waals surface area contributed by atoms with Crippen molar-refractivity contribution in [2.75, 3.05) is 19.8 Å². The van der Waals surface area contributed by atoms with E-state index in [9.17, 15) is 8.78 Å². The Labute approximate surface area is 121 Å². The molecule has 1 aromatic carbocycles. The second kappa shape index (κ2) is 9.39. The Morgan fingerprint density at radius 3 is 2.68 bits per heavy atom. The molecule has 0 amide bonds. The summed E-state index contributed by atoms with van der Waals surface area (Å²) in [6, 6.07) is 2.63. The molecule has 108 valence electrons. The van der Waals surface area contributed by atoms with Gasteiger partial charge in [0, 0.05) is 25.3 Å². The summed E-state index contributed by atoms with van der Waals surface area (Å²) < 4.78 is 32.7. The predicted molar refractivity (Wildman–Crippen MR) is 76.1 cm³/mol. The van der Waals surface area contributed by atoms with Crippen LogP contribution in [0, 0.1) is 11.6 Å². The van der Waals surface area contributed by atoms with Crippen molar-refractivity contribution in [2.45, 2.75) is 32.7 Å². The van der Waals surface area contributed by atoms with Crippen LogP contribution in [0.2, 0.25) is 0 Å². The van der Waals surface area contributed by atoms with E-state index in [0.29, 0.717) is 13.2 Å². The molecule has 0 radical (unpaired) electrons. The number of hydrogen-bond donors (Lipinski definition) is 1. The van der Waals surface area contributed by atoms with Gasteiger partial charge < -0.3 is 10.1 Å². The van der Waals surface area contributed by atoms with E-state index in [1.54, 1.807) is 0 Å². The molecule has 2 nitrogen and oxygen atoms in total. The third kappa shape index (κ3) is 5.97. The average Bonchev–Trinajstić information content (AvgIpc) is 2.40. The number of hydrogen-bond acceptors (Lipinski definition) is 2. The van der Waals surface area contributed by atoms with Gasteiger partial charge in [-0.15, -0.1) is 0 Å². The summed E-state index contributed by atoms with van der Waals surface area (Å²) in [5, 5.41) is 3.02. The molecule has 1 aromatic rings. The van der Waals surface area contributed by atoms with Crippen molar-refractivity contribution in [1.82, 2.24) is 5.32 Å². The first-order chi connectivity index (χ1) is 9.16. The zero-order valence-electron chi connectivity index (χ0n) is 11.1. The van der Waals surface area contributed by atoms with Crippen molar-refractivity contribution in [1.29, 1.82) is 0 Å². The van der Waals surface area contributed by atoms with Crippen LogP contribution in [0.1, 0.15) is 31.7 Å². The lowest BCUT2D eigenvalue weighted by atomic mass is 10.2. The van der Waals surface area contributed by atoms with Gasteiger partial charge in [-0.05, 0) is 47.4 Å². The van der Waals surface area contributed by atoms with Crippen molar-refractivity contribution < 1.29 is 13.5 Å². The summed E-state index contributed by atoms with van der Waals surface area (Å²) in [6.45, 7) is 4.44. The minimum atomic E-state index is -0.535. The van der Waals surface area contributed by atoms with E-state index in [0.717, 1.165) is 25.9 Å². The zero-order chi connectivity index (χ0) is 14.1. The number of nitrogens with one attached hydrogen (secondary N) is 1. The average molecular weight is 336 g/mol. The number of benzene rings is 1. The maximum atomic E-state index is 13.6. The van der Waals surface area contributed by atoms with Crippen LogP contribution < -0.4 is 5.32 Å². The van der Waals surface area contributed by atoms with E-state index in [-0.39, 0.29) is 16.6 Å². The monoisotopic (exact) mass is 335 g/mol. The van der Waals surface area contributed by atoms with Crippen molar-refractivity contribution in [3.8, 4) is 0 Å². The van der Waals surface area contributed by atoms with Crippen LogP contribution >= 0.6 is 15.9 Å². The molecule has 0 aliphatic rings. The molecule has 0 aliphatic carbocycles. The number of ether oxygens (including phenoxy) is 1. The Balaban J connectivity index is 2.21. The molecule has 0 bridgehead atoms. The lowest BCUT2D eigenvalue weighted by Crippen LogP contribution is -2.18. The van der Waals surface area contributed by atoms with Crippen LogP contribution in [0.4, 0.5) is 8.78 Å². The molecule has 5 heteroatoms. The second-order valence-corrected chi connectivity index (χ2v) is 5.17. The molecule has 0 aliphatic heterocycles. The molecular formula is C14H20BrF2NO. The third-order valence-electron chi connectivity index (χ3n) is 2.73. The third-order valence-corrected chi connectivity index (χ3v) is 3.34. The van der Waals surface area contributed by atoms with Crippen LogP contribution in [-0.4, -0.2) is 19.8 Å². The molecule has 19 heavy (non-hydrogen) atoms. The summed E-state index contributed by atoms with van der Waals surface area (Å²) in [7, 11) is 0. The van der Waals surface area contributed by atoms with Gasteiger partial charge in [0.1, 0.15) is 11.6 Å². The number of halogens is 3. The molecule has 0 atom stereocenters. The fourth-order valence-electron chi connectivity index (χ4n) is 1.59. The molecule has 0 saturated heterocycles. The van der Waals surface area contributed by atoms with Crippen LogP contribution in [0.3, 0.4) is 0 Å². The highest BCUT2D eigenvalue weighted by Gasteiger charge is 2.11. The quantitative estimate of drug-likeness (QED) is 0.543. The van der Waals surface area contributed by atoms with Gasteiger partial charge in [0.25, 0.3) is 0 Å². The van der Waals surface area contributed by atoms with E-state index in [1.807, 2.05) is 0 Å². The minimum Gasteiger partial charge on any atom is -0.381 e. The molecule has 0 spiro atoms. The fraction of sp³-hybridized carbons (Fsp3) is 0.571. The minimum absolute atomic E-state index is 0.0706. The summed E-state index contributed by atoms with van der Waals surface area (Å²) in [5.41, 5.74) is 0.0706. The Morgan fingerprint density at radius 1 is 1.21 bits per heavy atom. The van der Waals surface area contributed by atoms with E-state index < -0.39 is 11.6 Å². The summed E-state index contributed by atoms with van der Waals surface area (Å²) in [6.07, 6.45) is 3.03. The highest BCUT2D eigenvalue weighted by Crippen LogP contribution is 2.21. The first-order valence-electron chi connectivity index (χ1n) is 6.57. The highest BCUT2D eigenvalue weighted by molar-refractivity contribution is 9.10. The van der Waals surface area contributed by atoms with Gasteiger partial charge in [-0.25, -0.2) is 8.78 Å². The summed E-state index contributed by atoms with van der Waals surface area (Å²) >= 11 is 3.05. The van der Waals surface area contributed by atoms with E-state index in [1.165, 1.54) is 12.1 Å². The van der Waals surface area contributed by atoms with Gasteiger partial charge in [0.2, 0.25) is 0 Å². The van der Waals surface area contributed by atoms with Gasteiger partial charge in [-0.2, -0.15) is 0 Å². The molecular weight excluding hydrogens is 316 g/mol.